The summed E-state index contributed by atoms with van der Waals surface area (Å²) in [7, 11) is 1.62. The molecule has 0 spiro atoms. The van der Waals surface area contributed by atoms with E-state index in [1.165, 1.54) is 4.57 Å². The number of nitrogens with zero attached hydrogens (tertiary/aromatic N) is 4. The number of hydrogen-bond donors (Lipinski definition) is 1. The van der Waals surface area contributed by atoms with E-state index in [1.54, 1.807) is 7.05 Å². The van der Waals surface area contributed by atoms with Crippen molar-refractivity contribution in [3.05, 3.63) is 20.8 Å². The summed E-state index contributed by atoms with van der Waals surface area (Å²) in [6.45, 7) is 9.65. The summed E-state index contributed by atoms with van der Waals surface area (Å²) in [5.74, 6) is 0.728. The van der Waals surface area contributed by atoms with Gasteiger partial charge in [0.2, 0.25) is 5.95 Å². The maximum Gasteiger partial charge on any atom is 0.329 e. The van der Waals surface area contributed by atoms with Gasteiger partial charge in [-0.25, -0.2) is 4.79 Å². The van der Waals surface area contributed by atoms with Gasteiger partial charge in [0.25, 0.3) is 5.56 Å². The summed E-state index contributed by atoms with van der Waals surface area (Å²) < 4.78 is 3.27. The molecular formula is C13H21N5O2. The number of hydrogen-bond acceptors (Lipinski definition) is 4. The molecule has 0 fully saturated rings. The van der Waals surface area contributed by atoms with Crippen molar-refractivity contribution in [1.82, 2.24) is 19.1 Å². The van der Waals surface area contributed by atoms with Crippen molar-refractivity contribution in [3.63, 3.8) is 0 Å². The molecule has 2 aromatic heterocycles. The van der Waals surface area contributed by atoms with E-state index in [9.17, 15) is 9.59 Å². The van der Waals surface area contributed by atoms with Gasteiger partial charge in [-0.15, -0.1) is 0 Å². The van der Waals surface area contributed by atoms with E-state index in [-0.39, 0.29) is 11.6 Å². The molecule has 0 bridgehead atoms. The molecule has 0 aliphatic carbocycles. The van der Waals surface area contributed by atoms with Crippen LogP contribution in [0.4, 0.5) is 5.95 Å². The number of imidazole rings is 1. The lowest BCUT2D eigenvalue weighted by Crippen LogP contribution is -2.30. The monoisotopic (exact) mass is 279 g/mol. The van der Waals surface area contributed by atoms with Crippen molar-refractivity contribution in [1.29, 1.82) is 0 Å². The van der Waals surface area contributed by atoms with Crippen LogP contribution in [0.25, 0.3) is 11.2 Å². The molecular weight excluding hydrogens is 258 g/mol. The zero-order valence-electron chi connectivity index (χ0n) is 12.6. The molecule has 0 aromatic carbocycles. The van der Waals surface area contributed by atoms with Crippen LogP contribution in [0.15, 0.2) is 9.59 Å². The Bertz CT molecular complexity index is 734. The van der Waals surface area contributed by atoms with E-state index < -0.39 is 5.69 Å². The number of nitrogens with one attached hydrogen (secondary N) is 1. The third kappa shape index (κ3) is 2.03. The van der Waals surface area contributed by atoms with Crippen molar-refractivity contribution in [2.45, 2.75) is 33.7 Å². The highest BCUT2D eigenvalue weighted by molar-refractivity contribution is 5.74. The van der Waals surface area contributed by atoms with Gasteiger partial charge in [-0.05, 0) is 27.7 Å². The van der Waals surface area contributed by atoms with Gasteiger partial charge < -0.3 is 9.47 Å². The Morgan fingerprint density at radius 3 is 2.35 bits per heavy atom. The summed E-state index contributed by atoms with van der Waals surface area (Å²) in [4.78, 5) is 32.8. The van der Waals surface area contributed by atoms with Crippen molar-refractivity contribution in [3.8, 4) is 0 Å². The van der Waals surface area contributed by atoms with Gasteiger partial charge in [0.15, 0.2) is 11.2 Å². The third-order valence-electron chi connectivity index (χ3n) is 3.49. The van der Waals surface area contributed by atoms with Crippen molar-refractivity contribution in [2.75, 3.05) is 18.0 Å². The van der Waals surface area contributed by atoms with Gasteiger partial charge >= 0.3 is 5.69 Å². The largest absolute Gasteiger partial charge is 0.343 e. The molecule has 7 heteroatoms. The van der Waals surface area contributed by atoms with Gasteiger partial charge in [-0.2, -0.15) is 4.98 Å². The van der Waals surface area contributed by atoms with Gasteiger partial charge in [0, 0.05) is 26.2 Å². The molecule has 2 heterocycles. The first-order chi connectivity index (χ1) is 9.42. The van der Waals surface area contributed by atoms with Gasteiger partial charge in [-0.1, -0.05) is 0 Å². The summed E-state index contributed by atoms with van der Waals surface area (Å²) in [5.41, 5.74) is 0.0445. The Kier molecular flexibility index (Phi) is 3.69. The normalized spacial score (nSPS) is 11.5. The predicted octanol–water partition coefficient (Wildman–Crippen LogP) is 0.850. The SMILES string of the molecule is CCN(CC)c1nc2c(c(=O)[nH]c(=O)n2C)n1C(C)C. The molecule has 2 rings (SSSR count). The second-order valence-electron chi connectivity index (χ2n) is 5.04. The van der Waals surface area contributed by atoms with Crippen LogP contribution in [0, 0.1) is 0 Å². The molecule has 1 N–H and O–H groups in total. The minimum Gasteiger partial charge on any atom is -0.343 e. The Labute approximate surface area is 116 Å². The number of aromatic amines is 1. The topological polar surface area (TPSA) is 75.9 Å². The van der Waals surface area contributed by atoms with E-state index in [4.69, 9.17) is 0 Å². The van der Waals surface area contributed by atoms with Gasteiger partial charge in [0.05, 0.1) is 0 Å². The number of fused-ring (bicyclic) bond motifs is 1. The Morgan fingerprint density at radius 2 is 1.85 bits per heavy atom. The fourth-order valence-corrected chi connectivity index (χ4v) is 2.41. The van der Waals surface area contributed by atoms with Crippen molar-refractivity contribution in [2.24, 2.45) is 7.05 Å². The van der Waals surface area contributed by atoms with Gasteiger partial charge in [-0.3, -0.25) is 14.3 Å². The molecule has 20 heavy (non-hydrogen) atoms. The molecule has 2 aromatic rings. The maximum absolute atomic E-state index is 12.1. The number of aromatic nitrogens is 4. The summed E-state index contributed by atoms with van der Waals surface area (Å²) >= 11 is 0. The van der Waals surface area contributed by atoms with E-state index in [1.807, 2.05) is 32.3 Å². The lowest BCUT2D eigenvalue weighted by molar-refractivity contribution is 0.602. The molecule has 0 saturated heterocycles. The highest BCUT2D eigenvalue weighted by Gasteiger charge is 2.21. The molecule has 0 aliphatic heterocycles. The smallest absolute Gasteiger partial charge is 0.329 e. The first-order valence-corrected chi connectivity index (χ1v) is 6.88. The van der Waals surface area contributed by atoms with Crippen LogP contribution in [0.1, 0.15) is 33.7 Å². The Hall–Kier alpha value is -2.05. The molecule has 7 nitrogen and oxygen atoms in total. The Morgan fingerprint density at radius 1 is 1.25 bits per heavy atom. The third-order valence-corrected chi connectivity index (χ3v) is 3.49. The molecule has 110 valence electrons. The van der Waals surface area contributed by atoms with Crippen LogP contribution in [-0.4, -0.2) is 32.2 Å². The quantitative estimate of drug-likeness (QED) is 0.900. The van der Waals surface area contributed by atoms with E-state index in [2.05, 4.69) is 14.9 Å². The van der Waals surface area contributed by atoms with Crippen LogP contribution in [-0.2, 0) is 7.05 Å². The zero-order valence-corrected chi connectivity index (χ0v) is 12.6. The lowest BCUT2D eigenvalue weighted by atomic mass is 10.3. The highest BCUT2D eigenvalue weighted by Crippen LogP contribution is 2.23. The lowest BCUT2D eigenvalue weighted by Gasteiger charge is -2.22. The first-order valence-electron chi connectivity index (χ1n) is 6.88. The fourth-order valence-electron chi connectivity index (χ4n) is 2.41. The van der Waals surface area contributed by atoms with E-state index >= 15 is 0 Å². The predicted molar refractivity (Wildman–Crippen MR) is 79.5 cm³/mol. The molecule has 0 amide bonds. The Balaban J connectivity index is 2.94. The molecule has 0 radical (unpaired) electrons. The van der Waals surface area contributed by atoms with Crippen LogP contribution in [0.2, 0.25) is 0 Å². The maximum atomic E-state index is 12.1. The van der Waals surface area contributed by atoms with Crippen molar-refractivity contribution >= 4 is 17.1 Å². The van der Waals surface area contributed by atoms with Crippen molar-refractivity contribution < 1.29 is 0 Å². The fraction of sp³-hybridized carbons (Fsp3) is 0.615. The minimum atomic E-state index is -0.443. The van der Waals surface area contributed by atoms with E-state index in [0.717, 1.165) is 19.0 Å². The highest BCUT2D eigenvalue weighted by atomic mass is 16.2. The number of anilines is 1. The summed E-state index contributed by atoms with van der Waals surface area (Å²) in [5, 5.41) is 0. The van der Waals surface area contributed by atoms with Crippen LogP contribution in [0.5, 0.6) is 0 Å². The number of rotatable bonds is 4. The average Bonchev–Trinajstić information content (AvgIpc) is 2.78. The van der Waals surface area contributed by atoms with E-state index in [0.29, 0.717) is 11.2 Å². The van der Waals surface area contributed by atoms with Crippen LogP contribution < -0.4 is 16.1 Å². The van der Waals surface area contributed by atoms with Gasteiger partial charge in [0.1, 0.15) is 0 Å². The molecule has 0 aliphatic rings. The number of aryl methyl sites for hydroxylation is 1. The minimum absolute atomic E-state index is 0.0780. The summed E-state index contributed by atoms with van der Waals surface area (Å²) in [6.07, 6.45) is 0. The van der Waals surface area contributed by atoms with Crippen LogP contribution in [0.3, 0.4) is 0 Å². The second kappa shape index (κ2) is 5.15. The molecule has 0 unspecified atom stereocenters. The van der Waals surface area contributed by atoms with Crippen LogP contribution >= 0.6 is 0 Å². The summed E-state index contributed by atoms with van der Waals surface area (Å²) in [6, 6.07) is 0.0780. The average molecular weight is 279 g/mol. The first kappa shape index (κ1) is 14.4. The second-order valence-corrected chi connectivity index (χ2v) is 5.04. The number of H-pyrrole nitrogens is 1. The molecule has 0 atom stereocenters. The zero-order chi connectivity index (χ0) is 15.0. The standard InChI is InChI=1S/C13H21N5O2/c1-6-17(7-2)12-14-10-9(18(12)8(3)4)11(19)15-13(20)16(10)5/h8H,6-7H2,1-5H3,(H,15,19,20). The molecule has 0 saturated carbocycles.